The molecule has 1 aliphatic carbocycles. The monoisotopic (exact) mass is 325 g/mol. The topological polar surface area (TPSA) is 49.7 Å². The summed E-state index contributed by atoms with van der Waals surface area (Å²) in [4.78, 5) is 0.742. The Morgan fingerprint density at radius 2 is 1.95 bits per heavy atom. The lowest BCUT2D eigenvalue weighted by Crippen LogP contribution is -2.50. The molecule has 0 aromatic heterocycles. The van der Waals surface area contributed by atoms with Crippen LogP contribution >= 0.6 is 11.8 Å². The largest absolute Gasteiger partial charge is 0.387 e. The van der Waals surface area contributed by atoms with E-state index in [1.165, 1.54) is 0 Å². The highest BCUT2D eigenvalue weighted by Gasteiger charge is 2.56. The summed E-state index contributed by atoms with van der Waals surface area (Å²) in [5.74, 6) is 1.38. The van der Waals surface area contributed by atoms with E-state index < -0.39 is 15.3 Å². The summed E-state index contributed by atoms with van der Waals surface area (Å²) in [5.41, 5.74) is -0.847. The van der Waals surface area contributed by atoms with Gasteiger partial charge in [0.2, 0.25) is 0 Å². The summed E-state index contributed by atoms with van der Waals surface area (Å²) in [6.07, 6.45) is 5.02. The second kappa shape index (κ2) is 5.60. The Morgan fingerprint density at radius 3 is 2.57 bits per heavy atom. The molecule has 21 heavy (non-hydrogen) atoms. The van der Waals surface area contributed by atoms with E-state index in [0.717, 1.165) is 42.8 Å². The first-order valence-corrected chi connectivity index (χ1v) is 10.3. The minimum Gasteiger partial charge on any atom is -0.387 e. The van der Waals surface area contributed by atoms with E-state index >= 15 is 0 Å². The molecule has 3 rings (SSSR count). The number of benzene rings is 1. The smallest absolute Gasteiger partial charge is 0.0920 e. The minimum atomic E-state index is -2.55. The zero-order chi connectivity index (χ0) is 15.0. The van der Waals surface area contributed by atoms with Gasteiger partial charge in [0.25, 0.3) is 0 Å². The maximum atomic E-state index is 13.3. The van der Waals surface area contributed by atoms with Crippen LogP contribution in [0.5, 0.6) is 0 Å². The second-order valence-corrected chi connectivity index (χ2v) is 10.00. The lowest BCUT2D eigenvalue weighted by Gasteiger charge is -2.39. The number of rotatable bonds is 3. The van der Waals surface area contributed by atoms with E-state index in [9.17, 15) is 9.32 Å². The second-order valence-electron chi connectivity index (χ2n) is 6.11. The summed E-state index contributed by atoms with van der Waals surface area (Å²) in [6, 6.07) is 9.42. The highest BCUT2D eigenvalue weighted by Crippen LogP contribution is 2.56. The first-order chi connectivity index (χ1) is 10.0. The zero-order valence-electron chi connectivity index (χ0n) is 12.5. The number of hydrogen-bond donors (Lipinski definition) is 1. The van der Waals surface area contributed by atoms with Crippen LogP contribution in [-0.4, -0.2) is 38.2 Å². The van der Waals surface area contributed by atoms with Crippen LogP contribution in [0.3, 0.4) is 0 Å². The molecule has 1 heterocycles. The van der Waals surface area contributed by atoms with Crippen molar-refractivity contribution in [3.05, 3.63) is 30.3 Å². The van der Waals surface area contributed by atoms with Crippen molar-refractivity contribution >= 4 is 21.5 Å². The van der Waals surface area contributed by atoms with E-state index in [0.29, 0.717) is 0 Å². The Balaban J connectivity index is 1.96. The van der Waals surface area contributed by atoms with Crippen molar-refractivity contribution in [2.75, 3.05) is 18.6 Å². The first kappa shape index (κ1) is 15.4. The molecular weight excluding hydrogens is 302 g/mol. The summed E-state index contributed by atoms with van der Waals surface area (Å²) in [6.45, 7) is 0. The van der Waals surface area contributed by atoms with E-state index in [1.807, 2.05) is 42.1 Å². The van der Waals surface area contributed by atoms with Crippen LogP contribution in [0.4, 0.5) is 0 Å². The molecule has 1 N–H and O–H groups in total. The first-order valence-electron chi connectivity index (χ1n) is 7.58. The van der Waals surface area contributed by atoms with Crippen molar-refractivity contribution in [3.63, 3.8) is 0 Å². The van der Waals surface area contributed by atoms with Gasteiger partial charge >= 0.3 is 0 Å². The van der Waals surface area contributed by atoms with Gasteiger partial charge in [-0.05, 0) is 50.0 Å². The highest BCUT2D eigenvalue weighted by molar-refractivity contribution is 8.01. The minimum absolute atomic E-state index is 0.0882. The van der Waals surface area contributed by atoms with Gasteiger partial charge in [0.1, 0.15) is 0 Å². The Hall–Kier alpha value is -0.520. The summed E-state index contributed by atoms with van der Waals surface area (Å²) in [7, 11) is -0.936. The number of nitrogens with zero attached hydrogens (tertiary/aromatic N) is 1. The van der Waals surface area contributed by atoms with Crippen LogP contribution in [0.1, 0.15) is 32.1 Å². The van der Waals surface area contributed by atoms with Crippen LogP contribution in [0.25, 0.3) is 0 Å². The molecule has 1 spiro atoms. The maximum absolute atomic E-state index is 13.3. The van der Waals surface area contributed by atoms with Gasteiger partial charge in [-0.3, -0.25) is 0 Å². The number of thioether (sulfide) groups is 1. The van der Waals surface area contributed by atoms with Crippen molar-refractivity contribution in [1.82, 2.24) is 0 Å². The third kappa shape index (κ3) is 2.53. The molecule has 1 saturated heterocycles. The number of aliphatic hydroxyl groups is 1. The molecule has 3 unspecified atom stereocenters. The van der Waals surface area contributed by atoms with E-state index in [2.05, 4.69) is 4.36 Å². The molecule has 0 radical (unpaired) electrons. The standard InChI is InChI=1S/C16H23NO2S2/c1-17-21(19,14-7-3-2-4-8-14)13-15(18)9-5-10-16(15)11-6-12-20-16/h2-4,7-8,18H,5-6,9-13H2,1H3. The van der Waals surface area contributed by atoms with Gasteiger partial charge in [0.05, 0.1) is 21.1 Å². The SMILES string of the molecule is CN=S(=O)(CC1(O)CCCC12CCCS2)c1ccccc1. The van der Waals surface area contributed by atoms with Gasteiger partial charge in [-0.1, -0.05) is 18.2 Å². The van der Waals surface area contributed by atoms with Crippen LogP contribution in [0.15, 0.2) is 39.6 Å². The molecular formula is C16H23NO2S2. The molecule has 1 aliphatic heterocycles. The molecule has 1 aromatic rings. The van der Waals surface area contributed by atoms with Gasteiger partial charge in [-0.15, -0.1) is 0 Å². The van der Waals surface area contributed by atoms with Crippen molar-refractivity contribution in [3.8, 4) is 0 Å². The molecule has 1 saturated carbocycles. The summed E-state index contributed by atoms with van der Waals surface area (Å²) >= 11 is 1.89. The predicted molar refractivity (Wildman–Crippen MR) is 89.3 cm³/mol. The molecule has 5 heteroatoms. The van der Waals surface area contributed by atoms with Crippen LogP contribution < -0.4 is 0 Å². The van der Waals surface area contributed by atoms with Gasteiger partial charge in [-0.2, -0.15) is 11.8 Å². The number of hydrogen-bond acceptors (Lipinski definition) is 4. The molecule has 3 nitrogen and oxygen atoms in total. The lowest BCUT2D eigenvalue weighted by atomic mass is 9.88. The van der Waals surface area contributed by atoms with Crippen molar-refractivity contribution in [2.24, 2.45) is 4.36 Å². The Kier molecular flexibility index (Phi) is 4.10. The van der Waals surface area contributed by atoms with E-state index in [-0.39, 0.29) is 10.5 Å². The van der Waals surface area contributed by atoms with Gasteiger partial charge in [0.15, 0.2) is 0 Å². The normalized spacial score (nSPS) is 35.0. The summed E-state index contributed by atoms with van der Waals surface area (Å²) in [5, 5.41) is 11.3. The molecule has 0 bridgehead atoms. The maximum Gasteiger partial charge on any atom is 0.0920 e. The fourth-order valence-electron chi connectivity index (χ4n) is 3.80. The molecule has 3 atom stereocenters. The van der Waals surface area contributed by atoms with Crippen molar-refractivity contribution < 1.29 is 9.32 Å². The van der Waals surface area contributed by atoms with E-state index in [1.54, 1.807) is 7.05 Å². The van der Waals surface area contributed by atoms with E-state index in [4.69, 9.17) is 0 Å². The molecule has 0 amide bonds. The zero-order valence-corrected chi connectivity index (χ0v) is 14.1. The third-order valence-electron chi connectivity index (χ3n) is 4.96. The highest BCUT2D eigenvalue weighted by atomic mass is 32.2. The Bertz CT molecular complexity index is 611. The quantitative estimate of drug-likeness (QED) is 0.927. The van der Waals surface area contributed by atoms with Gasteiger partial charge in [0, 0.05) is 16.7 Å². The van der Waals surface area contributed by atoms with Crippen LogP contribution in [0, 0.1) is 0 Å². The fourth-order valence-corrected chi connectivity index (χ4v) is 7.75. The van der Waals surface area contributed by atoms with Crippen molar-refractivity contribution in [1.29, 1.82) is 0 Å². The van der Waals surface area contributed by atoms with Crippen LogP contribution in [-0.2, 0) is 9.73 Å². The lowest BCUT2D eigenvalue weighted by molar-refractivity contribution is 0.0407. The average Bonchev–Trinajstić information content (AvgIpc) is 3.09. The molecule has 2 aliphatic rings. The molecule has 116 valence electrons. The van der Waals surface area contributed by atoms with Gasteiger partial charge in [-0.25, -0.2) is 8.57 Å². The predicted octanol–water partition coefficient (Wildman–Crippen LogP) is 3.32. The van der Waals surface area contributed by atoms with Crippen LogP contribution in [0.2, 0.25) is 0 Å². The fraction of sp³-hybridized carbons (Fsp3) is 0.625. The Labute approximate surface area is 131 Å². The third-order valence-corrected chi connectivity index (χ3v) is 9.26. The van der Waals surface area contributed by atoms with Crippen molar-refractivity contribution in [2.45, 2.75) is 47.3 Å². The summed E-state index contributed by atoms with van der Waals surface area (Å²) < 4.78 is 17.4. The molecule has 2 fully saturated rings. The average molecular weight is 325 g/mol. The Morgan fingerprint density at radius 1 is 1.24 bits per heavy atom. The molecule has 1 aromatic carbocycles. The van der Waals surface area contributed by atoms with Gasteiger partial charge < -0.3 is 5.11 Å².